The number of halogens is 1. The molecule has 0 amide bonds. The van der Waals surface area contributed by atoms with E-state index >= 15 is 0 Å². The van der Waals surface area contributed by atoms with E-state index in [9.17, 15) is 4.79 Å². The third-order valence-electron chi connectivity index (χ3n) is 4.48. The summed E-state index contributed by atoms with van der Waals surface area (Å²) in [5.74, 6) is 5.85. The Hall–Kier alpha value is -1.95. The van der Waals surface area contributed by atoms with E-state index in [1.54, 1.807) is 11.5 Å². The van der Waals surface area contributed by atoms with Crippen LogP contribution >= 0.6 is 15.9 Å². The largest absolute Gasteiger partial charge is 0.481 e. The van der Waals surface area contributed by atoms with Gasteiger partial charge in [0.15, 0.2) is 12.0 Å². The molecule has 1 aliphatic heterocycles. The monoisotopic (exact) mass is 435 g/mol. The van der Waals surface area contributed by atoms with Gasteiger partial charge in [0.25, 0.3) is 5.78 Å². The second-order valence-corrected chi connectivity index (χ2v) is 6.91. The van der Waals surface area contributed by atoms with E-state index in [0.29, 0.717) is 22.9 Å². The van der Waals surface area contributed by atoms with Crippen LogP contribution < -0.4 is 4.74 Å². The molecular weight excluding hydrogens is 414 g/mol. The molecule has 0 saturated carbocycles. The molecule has 0 bridgehead atoms. The minimum Gasteiger partial charge on any atom is -0.481 e. The van der Waals surface area contributed by atoms with Gasteiger partial charge in [0.1, 0.15) is 11.2 Å². The number of Topliss-reactive ketones (excluding diaryl/α,β-unsaturated/α-hetero) is 1. The van der Waals surface area contributed by atoms with E-state index in [4.69, 9.17) is 14.2 Å². The summed E-state index contributed by atoms with van der Waals surface area (Å²) in [6, 6.07) is 0. The van der Waals surface area contributed by atoms with Crippen LogP contribution in [0.1, 0.15) is 47.9 Å². The molecule has 27 heavy (non-hydrogen) atoms. The summed E-state index contributed by atoms with van der Waals surface area (Å²) in [5.41, 5.74) is 2.11. The first-order valence-electron chi connectivity index (χ1n) is 8.94. The number of ether oxygens (including phenoxy) is 3. The summed E-state index contributed by atoms with van der Waals surface area (Å²) in [4.78, 5) is 21.2. The number of ketones is 1. The molecule has 3 heterocycles. The molecule has 0 radical (unpaired) electrons. The van der Waals surface area contributed by atoms with E-state index < -0.39 is 5.78 Å². The van der Waals surface area contributed by atoms with Gasteiger partial charge in [0.2, 0.25) is 11.7 Å². The van der Waals surface area contributed by atoms with E-state index in [1.807, 2.05) is 13.8 Å². The van der Waals surface area contributed by atoms with E-state index in [2.05, 4.69) is 37.7 Å². The third-order valence-corrected chi connectivity index (χ3v) is 5.21. The predicted octanol–water partition coefficient (Wildman–Crippen LogP) is 3.10. The fraction of sp³-hybridized carbons (Fsp3) is 0.526. The van der Waals surface area contributed by atoms with Gasteiger partial charge < -0.3 is 14.2 Å². The van der Waals surface area contributed by atoms with E-state index in [0.717, 1.165) is 36.9 Å². The highest BCUT2D eigenvalue weighted by Gasteiger charge is 2.21. The molecule has 7 nitrogen and oxygen atoms in total. The van der Waals surface area contributed by atoms with Crippen molar-refractivity contribution in [3.05, 3.63) is 21.6 Å². The normalized spacial score (nSPS) is 16.8. The molecular formula is C19H22BrN3O4. The summed E-state index contributed by atoms with van der Waals surface area (Å²) >= 11 is 3.46. The summed E-state index contributed by atoms with van der Waals surface area (Å²) < 4.78 is 18.7. The molecule has 2 aromatic heterocycles. The molecule has 3 rings (SSSR count). The van der Waals surface area contributed by atoms with Crippen LogP contribution in [0.4, 0.5) is 0 Å². The summed E-state index contributed by atoms with van der Waals surface area (Å²) in [7, 11) is 1.57. The standard InChI is InChI=1S/C19H22BrN3O4/c1-4-13-12(2)23-17(20)16(21-19(23)22-18(13)25-3)14(24)8-7-11-27-15-9-5-6-10-26-15/h15H,4-6,9-11H2,1-3H3. The first kappa shape index (κ1) is 19.8. The first-order chi connectivity index (χ1) is 13.1. The SMILES string of the molecule is CCc1c(OC)nc2nc(C(=O)C#CCOC3CCCCO3)c(Br)n2c1C. The Morgan fingerprint density at radius 3 is 2.89 bits per heavy atom. The lowest BCUT2D eigenvalue weighted by Crippen LogP contribution is -2.22. The molecule has 8 heteroatoms. The van der Waals surface area contributed by atoms with Crippen molar-refractivity contribution in [2.24, 2.45) is 0 Å². The van der Waals surface area contributed by atoms with Gasteiger partial charge in [-0.2, -0.15) is 4.98 Å². The Balaban J connectivity index is 1.80. The maximum absolute atomic E-state index is 12.5. The zero-order chi connectivity index (χ0) is 19.4. The minimum absolute atomic E-state index is 0.145. The van der Waals surface area contributed by atoms with Crippen LogP contribution in [-0.2, 0) is 15.9 Å². The molecule has 0 N–H and O–H groups in total. The highest BCUT2D eigenvalue weighted by molar-refractivity contribution is 9.10. The molecule has 0 spiro atoms. The lowest BCUT2D eigenvalue weighted by Gasteiger charge is -2.21. The van der Waals surface area contributed by atoms with E-state index in [1.165, 1.54) is 0 Å². The molecule has 2 aromatic rings. The maximum atomic E-state index is 12.5. The van der Waals surface area contributed by atoms with Crippen molar-refractivity contribution >= 4 is 27.5 Å². The van der Waals surface area contributed by atoms with Gasteiger partial charge in [0, 0.05) is 17.9 Å². The van der Waals surface area contributed by atoms with Crippen molar-refractivity contribution in [2.75, 3.05) is 20.3 Å². The van der Waals surface area contributed by atoms with Crippen LogP contribution in [0.25, 0.3) is 5.78 Å². The number of carbonyl (C=O) groups is 1. The fourth-order valence-electron chi connectivity index (χ4n) is 3.08. The average molecular weight is 436 g/mol. The lowest BCUT2D eigenvalue weighted by atomic mass is 10.2. The number of imidazole rings is 1. The van der Waals surface area contributed by atoms with Gasteiger partial charge >= 0.3 is 0 Å². The highest BCUT2D eigenvalue weighted by atomic mass is 79.9. The van der Waals surface area contributed by atoms with Crippen LogP contribution in [0.3, 0.4) is 0 Å². The van der Waals surface area contributed by atoms with Crippen molar-refractivity contribution in [3.8, 4) is 17.7 Å². The zero-order valence-corrected chi connectivity index (χ0v) is 17.3. The molecule has 0 aromatic carbocycles. The molecule has 1 saturated heterocycles. The number of carbonyl (C=O) groups excluding carboxylic acids is 1. The van der Waals surface area contributed by atoms with Gasteiger partial charge in [-0.1, -0.05) is 12.8 Å². The van der Waals surface area contributed by atoms with Crippen LogP contribution in [0.2, 0.25) is 0 Å². The average Bonchev–Trinajstić information content (AvgIpc) is 3.02. The number of aryl methyl sites for hydroxylation is 1. The van der Waals surface area contributed by atoms with Crippen molar-refractivity contribution in [2.45, 2.75) is 45.8 Å². The Kier molecular flexibility index (Phi) is 6.47. The summed E-state index contributed by atoms with van der Waals surface area (Å²) in [5, 5.41) is 0. The van der Waals surface area contributed by atoms with Crippen LogP contribution in [0, 0.1) is 18.8 Å². The quantitative estimate of drug-likeness (QED) is 0.408. The Morgan fingerprint density at radius 2 is 2.22 bits per heavy atom. The third kappa shape index (κ3) is 4.15. The van der Waals surface area contributed by atoms with Crippen molar-refractivity contribution in [3.63, 3.8) is 0 Å². The maximum Gasteiger partial charge on any atom is 0.257 e. The molecule has 0 aliphatic carbocycles. The Bertz CT molecular complexity index is 907. The minimum atomic E-state index is -0.392. The van der Waals surface area contributed by atoms with Crippen molar-refractivity contribution in [1.82, 2.24) is 14.4 Å². The molecule has 1 unspecified atom stereocenters. The molecule has 1 fully saturated rings. The van der Waals surface area contributed by atoms with Crippen molar-refractivity contribution in [1.29, 1.82) is 0 Å². The number of hydrogen-bond acceptors (Lipinski definition) is 6. The number of nitrogens with zero attached hydrogens (tertiary/aromatic N) is 3. The number of rotatable bonds is 5. The van der Waals surface area contributed by atoms with Crippen LogP contribution in [0.15, 0.2) is 4.60 Å². The first-order valence-corrected chi connectivity index (χ1v) is 9.73. The fourth-order valence-corrected chi connectivity index (χ4v) is 3.78. The smallest absolute Gasteiger partial charge is 0.257 e. The summed E-state index contributed by atoms with van der Waals surface area (Å²) in [6.07, 6.45) is 3.54. The van der Waals surface area contributed by atoms with Crippen LogP contribution in [-0.4, -0.2) is 46.8 Å². The second-order valence-electron chi connectivity index (χ2n) is 6.16. The van der Waals surface area contributed by atoms with Gasteiger partial charge in [-0.3, -0.25) is 9.20 Å². The lowest BCUT2D eigenvalue weighted by molar-refractivity contribution is -0.154. The van der Waals surface area contributed by atoms with Crippen LogP contribution in [0.5, 0.6) is 5.88 Å². The molecule has 1 atom stereocenters. The van der Waals surface area contributed by atoms with Gasteiger partial charge in [-0.05, 0) is 54.5 Å². The topological polar surface area (TPSA) is 75.0 Å². The number of methoxy groups -OCH3 is 1. The van der Waals surface area contributed by atoms with Gasteiger partial charge in [-0.15, -0.1) is 0 Å². The molecule has 1 aliphatic rings. The highest BCUT2D eigenvalue weighted by Crippen LogP contribution is 2.27. The number of aromatic nitrogens is 3. The summed E-state index contributed by atoms with van der Waals surface area (Å²) in [6.45, 7) is 4.82. The number of fused-ring (bicyclic) bond motifs is 1. The second kappa shape index (κ2) is 8.83. The van der Waals surface area contributed by atoms with Gasteiger partial charge in [-0.25, -0.2) is 4.98 Å². The van der Waals surface area contributed by atoms with Crippen molar-refractivity contribution < 1.29 is 19.0 Å². The van der Waals surface area contributed by atoms with Gasteiger partial charge in [0.05, 0.1) is 7.11 Å². The Morgan fingerprint density at radius 1 is 1.41 bits per heavy atom. The van der Waals surface area contributed by atoms with E-state index in [-0.39, 0.29) is 18.6 Å². The zero-order valence-electron chi connectivity index (χ0n) is 15.7. The Labute approximate surface area is 166 Å². The number of hydrogen-bond donors (Lipinski definition) is 0. The predicted molar refractivity (Wildman–Crippen MR) is 103 cm³/mol. The molecule has 144 valence electrons.